The minimum absolute atomic E-state index is 0.443. The van der Waals surface area contributed by atoms with Gasteiger partial charge in [0.15, 0.2) is 0 Å². The summed E-state index contributed by atoms with van der Waals surface area (Å²) in [5, 5.41) is 5.52. The van der Waals surface area contributed by atoms with E-state index in [1.54, 1.807) is 12.1 Å². The molecule has 0 aliphatic rings. The molecule has 1 aromatic carbocycles. The molecular weight excluding hydrogens is 516 g/mol. The van der Waals surface area contributed by atoms with Gasteiger partial charge in [0.05, 0.1) is 13.2 Å². The third-order valence-electron chi connectivity index (χ3n) is 7.27. The summed E-state index contributed by atoms with van der Waals surface area (Å²) in [6.45, 7) is 7.36. The summed E-state index contributed by atoms with van der Waals surface area (Å²) >= 11 is 0. The first kappa shape index (κ1) is 36.7. The van der Waals surface area contributed by atoms with Crippen LogP contribution in [0.1, 0.15) is 148 Å². The van der Waals surface area contributed by atoms with E-state index in [0.29, 0.717) is 24.6 Å². The van der Waals surface area contributed by atoms with Gasteiger partial charge in [-0.3, -0.25) is 9.68 Å². The Kier molecular flexibility index (Phi) is 23.8. The molecule has 41 heavy (non-hydrogen) atoms. The number of nitrogens with one attached hydrogen (secondary N) is 4. The van der Waals surface area contributed by atoms with E-state index in [2.05, 4.69) is 35.4 Å². The van der Waals surface area contributed by atoms with E-state index in [9.17, 15) is 9.59 Å². The summed E-state index contributed by atoms with van der Waals surface area (Å²) < 4.78 is 0. The SMILES string of the molecule is CCCCCCCCCCCCONC(=O)Nc1ccc(C)c(NC(=O)NOCCCCCCCCCCCC)c1. The number of amides is 4. The molecule has 0 unspecified atom stereocenters. The monoisotopic (exact) mass is 576 g/mol. The molecule has 0 atom stereocenters. The maximum absolute atomic E-state index is 12.3. The first-order valence-electron chi connectivity index (χ1n) is 16.5. The average Bonchev–Trinajstić information content (AvgIpc) is 2.96. The standard InChI is InChI=1S/C33H60N4O4/c1-4-6-8-10-12-14-16-18-20-22-26-40-36-32(38)34-30-25-24-29(3)31(28-30)35-33(39)37-41-27-23-21-19-17-15-13-11-9-7-5-2/h24-25,28H,4-23,26-27H2,1-3H3,(H2,34,36,38)(H2,35,37,39). The van der Waals surface area contributed by atoms with Crippen molar-refractivity contribution in [2.24, 2.45) is 0 Å². The number of aryl methyl sites for hydroxylation is 1. The van der Waals surface area contributed by atoms with Gasteiger partial charge in [-0.15, -0.1) is 0 Å². The second-order valence-corrected chi connectivity index (χ2v) is 11.2. The molecular formula is C33H60N4O4. The van der Waals surface area contributed by atoms with E-state index < -0.39 is 12.1 Å². The quantitative estimate of drug-likeness (QED) is 0.0651. The lowest BCUT2D eigenvalue weighted by molar-refractivity contribution is 0.0631. The van der Waals surface area contributed by atoms with Gasteiger partial charge >= 0.3 is 12.1 Å². The van der Waals surface area contributed by atoms with Crippen molar-refractivity contribution in [3.05, 3.63) is 23.8 Å². The first-order valence-corrected chi connectivity index (χ1v) is 16.5. The Morgan fingerprint density at radius 2 is 0.951 bits per heavy atom. The molecule has 4 amide bonds. The molecule has 0 fully saturated rings. The predicted octanol–water partition coefficient (Wildman–Crippen LogP) is 9.94. The van der Waals surface area contributed by atoms with Crippen molar-refractivity contribution in [3.8, 4) is 0 Å². The fourth-order valence-electron chi connectivity index (χ4n) is 4.70. The van der Waals surface area contributed by atoms with Crippen molar-refractivity contribution >= 4 is 23.4 Å². The van der Waals surface area contributed by atoms with E-state index in [-0.39, 0.29) is 0 Å². The highest BCUT2D eigenvalue weighted by molar-refractivity contribution is 5.92. The number of anilines is 2. The van der Waals surface area contributed by atoms with Crippen LogP contribution in [0.3, 0.4) is 0 Å². The molecule has 0 aliphatic heterocycles. The molecule has 0 bridgehead atoms. The molecule has 8 nitrogen and oxygen atoms in total. The fourth-order valence-corrected chi connectivity index (χ4v) is 4.70. The van der Waals surface area contributed by atoms with Gasteiger partial charge in [0.2, 0.25) is 0 Å². The largest absolute Gasteiger partial charge is 0.343 e. The lowest BCUT2D eigenvalue weighted by Gasteiger charge is -2.13. The number of benzene rings is 1. The Morgan fingerprint density at radius 1 is 0.561 bits per heavy atom. The van der Waals surface area contributed by atoms with E-state index in [1.807, 2.05) is 13.0 Å². The molecule has 236 valence electrons. The van der Waals surface area contributed by atoms with Crippen LogP contribution in [0, 0.1) is 6.92 Å². The minimum atomic E-state index is -0.448. The van der Waals surface area contributed by atoms with Crippen LogP contribution in [0.2, 0.25) is 0 Å². The molecule has 8 heteroatoms. The van der Waals surface area contributed by atoms with Crippen LogP contribution in [-0.4, -0.2) is 25.3 Å². The molecule has 4 N–H and O–H groups in total. The van der Waals surface area contributed by atoms with E-state index >= 15 is 0 Å². The number of hydroxylamine groups is 2. The van der Waals surface area contributed by atoms with Crippen LogP contribution in [0.4, 0.5) is 21.0 Å². The van der Waals surface area contributed by atoms with E-state index in [0.717, 1.165) is 31.2 Å². The van der Waals surface area contributed by atoms with Gasteiger partial charge < -0.3 is 10.6 Å². The molecule has 0 saturated carbocycles. The Morgan fingerprint density at radius 3 is 1.39 bits per heavy atom. The summed E-state index contributed by atoms with van der Waals surface area (Å²) in [6, 6.07) is 4.43. The highest BCUT2D eigenvalue weighted by Crippen LogP contribution is 2.20. The molecule has 0 radical (unpaired) electrons. The topological polar surface area (TPSA) is 101 Å². The first-order chi connectivity index (χ1) is 20.1. The summed E-state index contributed by atoms with van der Waals surface area (Å²) in [5.41, 5.74) is 6.90. The van der Waals surface area contributed by atoms with Crippen LogP contribution in [0.5, 0.6) is 0 Å². The number of hydrogen-bond acceptors (Lipinski definition) is 4. The van der Waals surface area contributed by atoms with Gasteiger partial charge in [0.1, 0.15) is 0 Å². The Balaban J connectivity index is 2.10. The van der Waals surface area contributed by atoms with Crippen LogP contribution in [0.15, 0.2) is 18.2 Å². The third-order valence-corrected chi connectivity index (χ3v) is 7.27. The second kappa shape index (κ2) is 26.6. The molecule has 0 spiro atoms. The van der Waals surface area contributed by atoms with Gasteiger partial charge in [-0.05, 0) is 37.5 Å². The fraction of sp³-hybridized carbons (Fsp3) is 0.758. The van der Waals surface area contributed by atoms with Crippen LogP contribution >= 0.6 is 0 Å². The van der Waals surface area contributed by atoms with Crippen molar-refractivity contribution < 1.29 is 19.3 Å². The van der Waals surface area contributed by atoms with Crippen LogP contribution in [-0.2, 0) is 9.68 Å². The number of rotatable bonds is 26. The second-order valence-electron chi connectivity index (χ2n) is 11.2. The van der Waals surface area contributed by atoms with E-state index in [1.165, 1.54) is 103 Å². The number of urea groups is 2. The van der Waals surface area contributed by atoms with Crippen LogP contribution in [0.25, 0.3) is 0 Å². The van der Waals surface area contributed by atoms with Crippen LogP contribution < -0.4 is 21.6 Å². The number of unbranched alkanes of at least 4 members (excludes halogenated alkanes) is 18. The number of carbonyl (C=O) groups excluding carboxylic acids is 2. The van der Waals surface area contributed by atoms with Crippen molar-refractivity contribution in [3.63, 3.8) is 0 Å². The molecule has 0 aliphatic carbocycles. The molecule has 1 aromatic rings. The minimum Gasteiger partial charge on any atom is -0.306 e. The van der Waals surface area contributed by atoms with Gasteiger partial charge in [-0.1, -0.05) is 135 Å². The van der Waals surface area contributed by atoms with Crippen molar-refractivity contribution in [2.75, 3.05) is 23.8 Å². The lowest BCUT2D eigenvalue weighted by atomic mass is 10.1. The molecule has 0 aromatic heterocycles. The Labute approximate surface area is 250 Å². The zero-order valence-corrected chi connectivity index (χ0v) is 26.4. The normalized spacial score (nSPS) is 10.9. The van der Waals surface area contributed by atoms with Crippen molar-refractivity contribution in [2.45, 2.75) is 149 Å². The molecule has 0 heterocycles. The van der Waals surface area contributed by atoms with Gasteiger partial charge in [0, 0.05) is 11.4 Å². The molecule has 0 saturated heterocycles. The highest BCUT2D eigenvalue weighted by atomic mass is 16.7. The zero-order chi connectivity index (χ0) is 29.8. The Bertz CT molecular complexity index is 790. The lowest BCUT2D eigenvalue weighted by Crippen LogP contribution is -2.30. The molecule has 1 rings (SSSR count). The zero-order valence-electron chi connectivity index (χ0n) is 26.4. The van der Waals surface area contributed by atoms with Gasteiger partial charge in [-0.2, -0.15) is 0 Å². The summed E-state index contributed by atoms with van der Waals surface area (Å²) in [5.74, 6) is 0. The highest BCUT2D eigenvalue weighted by Gasteiger charge is 2.08. The van der Waals surface area contributed by atoms with Crippen molar-refractivity contribution in [1.82, 2.24) is 11.0 Å². The Hall–Kier alpha value is -2.32. The third kappa shape index (κ3) is 22.0. The maximum Gasteiger partial charge on any atom is 0.343 e. The maximum atomic E-state index is 12.3. The predicted molar refractivity (Wildman–Crippen MR) is 171 cm³/mol. The summed E-state index contributed by atoms with van der Waals surface area (Å²) in [4.78, 5) is 35.1. The van der Waals surface area contributed by atoms with Gasteiger partial charge in [-0.25, -0.2) is 20.5 Å². The van der Waals surface area contributed by atoms with Gasteiger partial charge in [0.25, 0.3) is 0 Å². The summed E-state index contributed by atoms with van der Waals surface area (Å²) in [7, 11) is 0. The summed E-state index contributed by atoms with van der Waals surface area (Å²) in [6.07, 6.45) is 25.1. The average molecular weight is 577 g/mol. The van der Waals surface area contributed by atoms with E-state index in [4.69, 9.17) is 9.68 Å². The number of carbonyl (C=O) groups is 2. The smallest absolute Gasteiger partial charge is 0.306 e. The van der Waals surface area contributed by atoms with Crippen molar-refractivity contribution in [1.29, 1.82) is 0 Å². The number of hydrogen-bond donors (Lipinski definition) is 4.